The average molecular weight is 274 g/mol. The summed E-state index contributed by atoms with van der Waals surface area (Å²) in [5.41, 5.74) is 6.63. The third-order valence-corrected chi connectivity index (χ3v) is 2.69. The lowest BCUT2D eigenvalue weighted by molar-refractivity contribution is 0.320. The highest BCUT2D eigenvalue weighted by Crippen LogP contribution is 2.33. The normalized spacial score (nSPS) is 10.2. The van der Waals surface area contributed by atoms with Crippen LogP contribution in [0.3, 0.4) is 0 Å². The second-order valence-corrected chi connectivity index (χ2v) is 4.05. The topological polar surface area (TPSA) is 66.6 Å². The maximum Gasteiger partial charge on any atom is 0.216 e. The van der Waals surface area contributed by atoms with Gasteiger partial charge in [0.1, 0.15) is 5.75 Å². The van der Waals surface area contributed by atoms with Crippen molar-refractivity contribution >= 4 is 0 Å². The molecule has 2 rings (SSSR count). The highest BCUT2D eigenvalue weighted by atomic mass is 16.5. The molecule has 0 aliphatic carbocycles. The lowest BCUT2D eigenvalue weighted by atomic mass is 10.2. The van der Waals surface area contributed by atoms with Gasteiger partial charge >= 0.3 is 0 Å². The maximum atomic E-state index is 5.82. The highest BCUT2D eigenvalue weighted by molar-refractivity contribution is 5.45. The monoisotopic (exact) mass is 274 g/mol. The molecule has 1 aromatic heterocycles. The first-order valence-corrected chi connectivity index (χ1v) is 6.40. The van der Waals surface area contributed by atoms with Crippen LogP contribution in [0.5, 0.6) is 23.1 Å². The second-order valence-electron chi connectivity index (χ2n) is 4.05. The zero-order valence-corrected chi connectivity index (χ0v) is 11.6. The molecule has 0 bridgehead atoms. The smallest absolute Gasteiger partial charge is 0.216 e. The molecule has 0 aliphatic rings. The average Bonchev–Trinajstić information content (AvgIpc) is 2.49. The number of nitrogens with two attached hydrogens (primary N) is 1. The summed E-state index contributed by atoms with van der Waals surface area (Å²) in [6, 6.07) is 9.12. The summed E-state index contributed by atoms with van der Waals surface area (Å²) in [6.45, 7) is 2.95. The lowest BCUT2D eigenvalue weighted by Crippen LogP contribution is -2.00. The third-order valence-electron chi connectivity index (χ3n) is 2.69. The molecule has 0 saturated carbocycles. The van der Waals surface area contributed by atoms with Gasteiger partial charge in [0.15, 0.2) is 11.5 Å². The van der Waals surface area contributed by atoms with E-state index in [1.165, 1.54) is 0 Å². The summed E-state index contributed by atoms with van der Waals surface area (Å²) in [7, 11) is 1.56. The molecule has 106 valence electrons. The van der Waals surface area contributed by atoms with Gasteiger partial charge in [-0.3, -0.25) is 0 Å². The van der Waals surface area contributed by atoms with Crippen molar-refractivity contribution in [3.63, 3.8) is 0 Å². The molecule has 2 N–H and O–H groups in total. The molecule has 20 heavy (non-hydrogen) atoms. The number of ether oxygens (including phenoxy) is 3. The quantitative estimate of drug-likeness (QED) is 0.877. The van der Waals surface area contributed by atoms with Crippen LogP contribution in [0.25, 0.3) is 0 Å². The standard InChI is InChI=1S/C15H18N2O3/c1-3-19-14-8-11(10-16)4-5-13(14)20-12-6-7-17-15(9-12)18-2/h4-9H,3,10,16H2,1-2H3. The van der Waals surface area contributed by atoms with Crippen LogP contribution >= 0.6 is 0 Å². The molecular weight excluding hydrogens is 256 g/mol. The molecule has 0 amide bonds. The Morgan fingerprint density at radius 3 is 2.70 bits per heavy atom. The number of methoxy groups -OCH3 is 1. The molecule has 0 radical (unpaired) electrons. The van der Waals surface area contributed by atoms with E-state index in [0.717, 1.165) is 5.56 Å². The van der Waals surface area contributed by atoms with E-state index >= 15 is 0 Å². The number of pyridine rings is 1. The molecule has 5 heteroatoms. The number of hydrogen-bond acceptors (Lipinski definition) is 5. The van der Waals surface area contributed by atoms with Crippen molar-refractivity contribution in [2.45, 2.75) is 13.5 Å². The first-order valence-electron chi connectivity index (χ1n) is 6.40. The molecule has 2 aromatic rings. The van der Waals surface area contributed by atoms with Gasteiger partial charge < -0.3 is 19.9 Å². The Morgan fingerprint density at radius 1 is 1.15 bits per heavy atom. The first-order chi connectivity index (χ1) is 9.76. The van der Waals surface area contributed by atoms with E-state index in [1.54, 1.807) is 25.4 Å². The Balaban J connectivity index is 2.27. The Bertz CT molecular complexity index is 573. The van der Waals surface area contributed by atoms with Gasteiger partial charge in [-0.1, -0.05) is 6.07 Å². The molecule has 1 heterocycles. The Kier molecular flexibility index (Phi) is 4.79. The van der Waals surface area contributed by atoms with Gasteiger partial charge in [0, 0.05) is 18.8 Å². The van der Waals surface area contributed by atoms with E-state index in [0.29, 0.717) is 36.3 Å². The van der Waals surface area contributed by atoms with Crippen molar-refractivity contribution in [1.29, 1.82) is 0 Å². The molecule has 0 fully saturated rings. The maximum absolute atomic E-state index is 5.82. The number of benzene rings is 1. The van der Waals surface area contributed by atoms with Crippen LogP contribution in [0, 0.1) is 0 Å². The molecule has 0 atom stereocenters. The second kappa shape index (κ2) is 6.77. The van der Waals surface area contributed by atoms with Crippen molar-refractivity contribution in [2.24, 2.45) is 5.73 Å². The summed E-state index contributed by atoms with van der Waals surface area (Å²) in [5, 5.41) is 0. The Labute approximate surface area is 118 Å². The van der Waals surface area contributed by atoms with Gasteiger partial charge in [-0.05, 0) is 30.7 Å². The van der Waals surface area contributed by atoms with E-state index in [1.807, 2.05) is 25.1 Å². The molecule has 0 spiro atoms. The van der Waals surface area contributed by atoms with Gasteiger partial charge in [-0.2, -0.15) is 0 Å². The van der Waals surface area contributed by atoms with Crippen molar-refractivity contribution in [2.75, 3.05) is 13.7 Å². The van der Waals surface area contributed by atoms with Gasteiger partial charge in [0.25, 0.3) is 0 Å². The van der Waals surface area contributed by atoms with Crippen LogP contribution in [0.15, 0.2) is 36.5 Å². The summed E-state index contributed by atoms with van der Waals surface area (Å²) in [5.74, 6) is 2.45. The summed E-state index contributed by atoms with van der Waals surface area (Å²) < 4.78 is 16.5. The number of rotatable bonds is 6. The SMILES string of the molecule is CCOc1cc(CN)ccc1Oc1ccnc(OC)c1. The van der Waals surface area contributed by atoms with E-state index < -0.39 is 0 Å². The van der Waals surface area contributed by atoms with Crippen LogP contribution in [-0.4, -0.2) is 18.7 Å². The predicted molar refractivity (Wildman–Crippen MR) is 76.4 cm³/mol. The minimum atomic E-state index is 0.462. The van der Waals surface area contributed by atoms with Crippen LogP contribution in [0.1, 0.15) is 12.5 Å². The lowest BCUT2D eigenvalue weighted by Gasteiger charge is -2.13. The highest BCUT2D eigenvalue weighted by Gasteiger charge is 2.08. The van der Waals surface area contributed by atoms with Crippen molar-refractivity contribution < 1.29 is 14.2 Å². The Hall–Kier alpha value is -2.27. The van der Waals surface area contributed by atoms with Gasteiger partial charge in [-0.15, -0.1) is 0 Å². The molecule has 0 unspecified atom stereocenters. The zero-order valence-electron chi connectivity index (χ0n) is 11.6. The van der Waals surface area contributed by atoms with Crippen LogP contribution < -0.4 is 19.9 Å². The van der Waals surface area contributed by atoms with Crippen molar-refractivity contribution in [3.05, 3.63) is 42.1 Å². The molecule has 0 saturated heterocycles. The van der Waals surface area contributed by atoms with E-state index in [4.69, 9.17) is 19.9 Å². The number of aromatic nitrogens is 1. The fourth-order valence-corrected chi connectivity index (χ4v) is 1.73. The van der Waals surface area contributed by atoms with Crippen LogP contribution in [0.4, 0.5) is 0 Å². The van der Waals surface area contributed by atoms with Crippen LogP contribution in [0.2, 0.25) is 0 Å². The number of hydrogen-bond donors (Lipinski definition) is 1. The molecular formula is C15H18N2O3. The molecule has 0 aliphatic heterocycles. The summed E-state index contributed by atoms with van der Waals surface area (Å²) in [6.07, 6.45) is 1.63. The zero-order chi connectivity index (χ0) is 14.4. The molecule has 1 aromatic carbocycles. The predicted octanol–water partition coefficient (Wildman–Crippen LogP) is 2.74. The third kappa shape index (κ3) is 3.39. The van der Waals surface area contributed by atoms with Crippen molar-refractivity contribution in [3.8, 4) is 23.1 Å². The summed E-state index contributed by atoms with van der Waals surface area (Å²) >= 11 is 0. The van der Waals surface area contributed by atoms with Gasteiger partial charge in [0.05, 0.1) is 13.7 Å². The summed E-state index contributed by atoms with van der Waals surface area (Å²) in [4.78, 5) is 4.04. The van der Waals surface area contributed by atoms with Gasteiger partial charge in [0.2, 0.25) is 5.88 Å². The van der Waals surface area contributed by atoms with Crippen LogP contribution in [-0.2, 0) is 6.54 Å². The van der Waals surface area contributed by atoms with E-state index in [2.05, 4.69) is 4.98 Å². The minimum Gasteiger partial charge on any atom is -0.490 e. The first kappa shape index (κ1) is 14.1. The van der Waals surface area contributed by atoms with E-state index in [-0.39, 0.29) is 0 Å². The fraction of sp³-hybridized carbons (Fsp3) is 0.267. The largest absolute Gasteiger partial charge is 0.490 e. The van der Waals surface area contributed by atoms with Gasteiger partial charge in [-0.25, -0.2) is 4.98 Å². The minimum absolute atomic E-state index is 0.462. The fourth-order valence-electron chi connectivity index (χ4n) is 1.73. The molecule has 5 nitrogen and oxygen atoms in total. The van der Waals surface area contributed by atoms with E-state index in [9.17, 15) is 0 Å². The van der Waals surface area contributed by atoms with Crippen molar-refractivity contribution in [1.82, 2.24) is 4.98 Å². The Morgan fingerprint density at radius 2 is 2.00 bits per heavy atom. The number of nitrogens with zero attached hydrogens (tertiary/aromatic N) is 1.